The van der Waals surface area contributed by atoms with Gasteiger partial charge in [0.15, 0.2) is 0 Å². The molecule has 0 aromatic rings. The Morgan fingerprint density at radius 3 is 1.32 bits per heavy atom. The molecule has 0 rings (SSSR count). The summed E-state index contributed by atoms with van der Waals surface area (Å²) in [6, 6.07) is 0. The van der Waals surface area contributed by atoms with Gasteiger partial charge in [0, 0.05) is 11.1 Å². The largest absolute Gasteiger partial charge is 0.466 e. The van der Waals surface area contributed by atoms with Crippen molar-refractivity contribution in [2.45, 2.75) is 79.2 Å². The summed E-state index contributed by atoms with van der Waals surface area (Å²) in [6.07, 6.45) is 0.266. The second-order valence-corrected chi connectivity index (χ2v) is 9.15. The van der Waals surface area contributed by atoms with E-state index >= 15 is 0 Å². The molecule has 3 atom stereocenters. The van der Waals surface area contributed by atoms with E-state index in [-0.39, 0.29) is 37.6 Å². The summed E-state index contributed by atoms with van der Waals surface area (Å²) in [7, 11) is 0. The van der Waals surface area contributed by atoms with E-state index in [0.717, 1.165) is 0 Å². The lowest BCUT2D eigenvalue weighted by atomic mass is 9.96. The molecule has 0 heterocycles. The molecule has 12 heteroatoms. The summed E-state index contributed by atoms with van der Waals surface area (Å²) in [6.45, 7) is 15.8. The van der Waals surface area contributed by atoms with Gasteiger partial charge in [-0.2, -0.15) is 0 Å². The van der Waals surface area contributed by atoms with Gasteiger partial charge in [0.1, 0.15) is 12.7 Å². The monoisotopic (exact) mass is 584 g/mol. The number of ether oxygens (including phenoxy) is 6. The van der Waals surface area contributed by atoms with Gasteiger partial charge >= 0.3 is 35.8 Å². The first-order chi connectivity index (χ1) is 19.4. The van der Waals surface area contributed by atoms with Crippen LogP contribution in [0.25, 0.3) is 0 Å². The Hall–Kier alpha value is -3.70. The van der Waals surface area contributed by atoms with Crippen LogP contribution in [-0.2, 0) is 57.2 Å². The highest BCUT2D eigenvalue weighted by Gasteiger charge is 2.34. The molecule has 232 valence electrons. The van der Waals surface area contributed by atoms with Gasteiger partial charge in [-0.3, -0.25) is 19.2 Å². The van der Waals surface area contributed by atoms with Crippen LogP contribution in [0.3, 0.4) is 0 Å². The van der Waals surface area contributed by atoms with Crippen LogP contribution >= 0.6 is 0 Å². The minimum Gasteiger partial charge on any atom is -0.466 e. The predicted molar refractivity (Wildman–Crippen MR) is 146 cm³/mol. The first-order valence-corrected chi connectivity index (χ1v) is 13.8. The van der Waals surface area contributed by atoms with Crippen molar-refractivity contribution in [3.63, 3.8) is 0 Å². The summed E-state index contributed by atoms with van der Waals surface area (Å²) in [5.74, 6) is -7.71. The zero-order valence-corrected chi connectivity index (χ0v) is 24.8. The average Bonchev–Trinajstić information content (AvgIpc) is 2.95. The number of carbonyl (C=O) groups is 6. The molecular weight excluding hydrogens is 540 g/mol. The molecule has 0 aliphatic carbocycles. The molecule has 0 aromatic heterocycles. The van der Waals surface area contributed by atoms with Crippen LogP contribution in [0.5, 0.6) is 0 Å². The van der Waals surface area contributed by atoms with Gasteiger partial charge in [-0.05, 0) is 32.6 Å². The maximum atomic E-state index is 12.7. The Bertz CT molecular complexity index is 923. The lowest BCUT2D eigenvalue weighted by Gasteiger charge is -2.20. The van der Waals surface area contributed by atoms with Gasteiger partial charge in [0.05, 0.1) is 51.1 Å². The highest BCUT2D eigenvalue weighted by Crippen LogP contribution is 2.21. The standard InChI is InChI=1S/C29H44O12/c1-8-12-36-24(30)16-22(28(34)38-14-10-3)20(6)26(32)40-18-19(5)41-27(33)21(7)23(29(35)39-15-11-4)17-25(31)37-13-9-2/h19,22-23H,6-18H2,1-5H3. The summed E-state index contributed by atoms with van der Waals surface area (Å²) >= 11 is 0. The third-order valence-electron chi connectivity index (χ3n) is 5.26. The molecule has 0 bridgehead atoms. The first kappa shape index (κ1) is 37.3. The van der Waals surface area contributed by atoms with Crippen molar-refractivity contribution in [1.29, 1.82) is 0 Å². The minimum atomic E-state index is -1.32. The molecule has 0 fully saturated rings. The molecule has 0 radical (unpaired) electrons. The van der Waals surface area contributed by atoms with Gasteiger partial charge in [-0.25, -0.2) is 9.59 Å². The normalized spacial score (nSPS) is 12.6. The molecule has 3 unspecified atom stereocenters. The molecule has 0 aliphatic rings. The highest BCUT2D eigenvalue weighted by molar-refractivity contribution is 5.97. The van der Waals surface area contributed by atoms with E-state index in [1.165, 1.54) is 6.92 Å². The molecule has 0 N–H and O–H groups in total. The van der Waals surface area contributed by atoms with Crippen molar-refractivity contribution in [2.75, 3.05) is 33.0 Å². The summed E-state index contributed by atoms with van der Waals surface area (Å²) in [5.41, 5.74) is -0.654. The summed E-state index contributed by atoms with van der Waals surface area (Å²) in [4.78, 5) is 74.5. The molecule has 0 saturated heterocycles. The highest BCUT2D eigenvalue weighted by atomic mass is 16.6. The van der Waals surface area contributed by atoms with Crippen LogP contribution < -0.4 is 0 Å². The fraction of sp³-hybridized carbons (Fsp3) is 0.655. The average molecular weight is 585 g/mol. The maximum Gasteiger partial charge on any atom is 0.334 e. The summed E-state index contributed by atoms with van der Waals surface area (Å²) < 4.78 is 30.6. The van der Waals surface area contributed by atoms with Gasteiger partial charge in [0.2, 0.25) is 0 Å². The van der Waals surface area contributed by atoms with Gasteiger partial charge in [-0.15, -0.1) is 0 Å². The van der Waals surface area contributed by atoms with E-state index in [1.54, 1.807) is 27.7 Å². The van der Waals surface area contributed by atoms with E-state index in [1.807, 2.05) is 0 Å². The number of esters is 6. The third kappa shape index (κ3) is 15.0. The number of hydrogen-bond acceptors (Lipinski definition) is 12. The van der Waals surface area contributed by atoms with Crippen LogP contribution in [0.1, 0.15) is 73.1 Å². The smallest absolute Gasteiger partial charge is 0.334 e. The minimum absolute atomic E-state index is 0.0845. The van der Waals surface area contributed by atoms with E-state index in [0.29, 0.717) is 25.7 Å². The lowest BCUT2D eigenvalue weighted by Crippen LogP contribution is -2.31. The van der Waals surface area contributed by atoms with Crippen molar-refractivity contribution in [3.05, 3.63) is 24.3 Å². The molecular formula is C29H44O12. The SMILES string of the molecule is C=C(C(=O)OCC(C)OC(=O)C(=C)C(CC(=O)OCCC)C(=O)OCCC)C(CC(=O)OCCC)C(=O)OCCC. The van der Waals surface area contributed by atoms with Crippen LogP contribution in [0.15, 0.2) is 24.3 Å². The van der Waals surface area contributed by atoms with E-state index in [9.17, 15) is 28.8 Å². The molecule has 0 saturated carbocycles. The van der Waals surface area contributed by atoms with Crippen LogP contribution in [0.4, 0.5) is 0 Å². The third-order valence-corrected chi connectivity index (χ3v) is 5.26. The Balaban J connectivity index is 5.27. The van der Waals surface area contributed by atoms with Crippen molar-refractivity contribution >= 4 is 35.8 Å². The maximum absolute atomic E-state index is 12.7. The fourth-order valence-corrected chi connectivity index (χ4v) is 3.05. The van der Waals surface area contributed by atoms with E-state index in [2.05, 4.69) is 13.2 Å². The second-order valence-electron chi connectivity index (χ2n) is 9.15. The van der Waals surface area contributed by atoms with Crippen LogP contribution in [-0.4, -0.2) is 75.0 Å². The molecule has 0 amide bonds. The topological polar surface area (TPSA) is 158 Å². The Kier molecular flexibility index (Phi) is 19.2. The molecule has 12 nitrogen and oxygen atoms in total. The van der Waals surface area contributed by atoms with Crippen LogP contribution in [0.2, 0.25) is 0 Å². The van der Waals surface area contributed by atoms with Crippen molar-refractivity contribution < 1.29 is 57.2 Å². The van der Waals surface area contributed by atoms with E-state index in [4.69, 9.17) is 28.4 Å². The predicted octanol–water partition coefficient (Wildman–Crippen LogP) is 3.40. The number of hydrogen-bond donors (Lipinski definition) is 0. The zero-order valence-electron chi connectivity index (χ0n) is 24.8. The zero-order chi connectivity index (χ0) is 31.4. The Labute approximate surface area is 241 Å². The number of rotatable bonds is 21. The van der Waals surface area contributed by atoms with Crippen molar-refractivity contribution in [1.82, 2.24) is 0 Å². The fourth-order valence-electron chi connectivity index (χ4n) is 3.05. The molecule has 0 aromatic carbocycles. The molecule has 41 heavy (non-hydrogen) atoms. The Morgan fingerprint density at radius 2 is 0.927 bits per heavy atom. The van der Waals surface area contributed by atoms with Gasteiger partial charge in [-0.1, -0.05) is 40.9 Å². The molecule has 0 spiro atoms. The second kappa shape index (κ2) is 21.1. The van der Waals surface area contributed by atoms with Crippen molar-refractivity contribution in [3.8, 4) is 0 Å². The van der Waals surface area contributed by atoms with Gasteiger partial charge < -0.3 is 28.4 Å². The van der Waals surface area contributed by atoms with Gasteiger partial charge in [0.25, 0.3) is 0 Å². The van der Waals surface area contributed by atoms with E-state index < -0.39 is 73.2 Å². The molecule has 0 aliphatic heterocycles. The lowest BCUT2D eigenvalue weighted by molar-refractivity contribution is -0.159. The first-order valence-electron chi connectivity index (χ1n) is 13.8. The van der Waals surface area contributed by atoms with Crippen LogP contribution in [0, 0.1) is 11.8 Å². The summed E-state index contributed by atoms with van der Waals surface area (Å²) in [5, 5.41) is 0. The van der Waals surface area contributed by atoms with Crippen molar-refractivity contribution in [2.24, 2.45) is 11.8 Å². The quantitative estimate of drug-likeness (QED) is 0.110. The Morgan fingerprint density at radius 1 is 0.561 bits per heavy atom. The number of carbonyl (C=O) groups excluding carboxylic acids is 6.